The first-order chi connectivity index (χ1) is 12.3. The lowest BCUT2D eigenvalue weighted by Gasteiger charge is -2.16. The normalized spacial score (nSPS) is 11.0. The van der Waals surface area contributed by atoms with Gasteiger partial charge in [0, 0.05) is 23.5 Å². The van der Waals surface area contributed by atoms with Crippen molar-refractivity contribution in [2.75, 3.05) is 25.5 Å². The number of rotatable bonds is 8. The summed E-state index contributed by atoms with van der Waals surface area (Å²) in [5.74, 6) is -0.272. The number of hydrogen-bond acceptors (Lipinski definition) is 5. The lowest BCUT2D eigenvalue weighted by Crippen LogP contribution is -2.41. The van der Waals surface area contributed by atoms with Crippen LogP contribution in [0.2, 0.25) is 0 Å². The highest BCUT2D eigenvalue weighted by molar-refractivity contribution is 7.15. The molecule has 1 heterocycles. The molecule has 0 saturated heterocycles. The molecule has 0 spiro atoms. The maximum atomic E-state index is 12.1. The SMILES string of the molecule is Cc1cccc(Cc2cnc(NC(=O)CN(C)CC(=O)NC(C)C)s2)c1. The molecule has 0 fully saturated rings. The van der Waals surface area contributed by atoms with E-state index in [0.29, 0.717) is 5.13 Å². The van der Waals surface area contributed by atoms with Gasteiger partial charge in [-0.15, -0.1) is 11.3 Å². The molecule has 26 heavy (non-hydrogen) atoms. The smallest absolute Gasteiger partial charge is 0.240 e. The number of nitrogens with one attached hydrogen (secondary N) is 2. The standard InChI is InChI=1S/C19H26N4O2S/c1-13(2)21-17(24)11-23(4)12-18(25)22-19-20-10-16(26-19)9-15-7-5-6-14(3)8-15/h5-8,10,13H,9,11-12H2,1-4H3,(H,21,24)(H,20,22,25). The number of thiazole rings is 1. The van der Waals surface area contributed by atoms with Gasteiger partial charge in [0.15, 0.2) is 5.13 Å². The Labute approximate surface area is 158 Å². The van der Waals surface area contributed by atoms with Crippen molar-refractivity contribution in [2.45, 2.75) is 33.2 Å². The molecular formula is C19H26N4O2S. The molecule has 0 aliphatic carbocycles. The van der Waals surface area contributed by atoms with Crippen LogP contribution in [0.4, 0.5) is 5.13 Å². The van der Waals surface area contributed by atoms with Gasteiger partial charge >= 0.3 is 0 Å². The maximum absolute atomic E-state index is 12.1. The number of benzene rings is 1. The Balaban J connectivity index is 1.82. The summed E-state index contributed by atoms with van der Waals surface area (Å²) in [6.07, 6.45) is 2.59. The van der Waals surface area contributed by atoms with E-state index in [-0.39, 0.29) is 30.9 Å². The molecule has 0 atom stereocenters. The van der Waals surface area contributed by atoms with Crippen molar-refractivity contribution in [3.63, 3.8) is 0 Å². The second-order valence-electron chi connectivity index (χ2n) is 6.74. The Morgan fingerprint density at radius 1 is 1.23 bits per heavy atom. The van der Waals surface area contributed by atoms with Crippen molar-refractivity contribution in [3.8, 4) is 0 Å². The van der Waals surface area contributed by atoms with Crippen LogP contribution >= 0.6 is 11.3 Å². The van der Waals surface area contributed by atoms with Crippen molar-refractivity contribution in [1.29, 1.82) is 0 Å². The molecule has 0 aliphatic rings. The summed E-state index contributed by atoms with van der Waals surface area (Å²) in [4.78, 5) is 30.9. The van der Waals surface area contributed by atoms with Crippen molar-refractivity contribution >= 4 is 28.3 Å². The second kappa shape index (κ2) is 9.45. The van der Waals surface area contributed by atoms with Gasteiger partial charge in [-0.3, -0.25) is 14.5 Å². The molecule has 2 amide bonds. The van der Waals surface area contributed by atoms with Gasteiger partial charge in [-0.05, 0) is 33.4 Å². The van der Waals surface area contributed by atoms with E-state index in [0.717, 1.165) is 11.3 Å². The summed E-state index contributed by atoms with van der Waals surface area (Å²) in [6.45, 7) is 6.20. The number of aromatic nitrogens is 1. The minimum absolute atomic E-state index is 0.0897. The van der Waals surface area contributed by atoms with Crippen molar-refractivity contribution < 1.29 is 9.59 Å². The molecule has 2 rings (SSSR count). The first kappa shape index (κ1) is 20.1. The number of aryl methyl sites for hydroxylation is 1. The Kier molecular flexibility index (Phi) is 7.29. The van der Waals surface area contributed by atoms with Crippen LogP contribution in [-0.2, 0) is 16.0 Å². The number of carbonyl (C=O) groups is 2. The van der Waals surface area contributed by atoms with E-state index in [1.54, 1.807) is 18.1 Å². The number of anilines is 1. The minimum atomic E-state index is -0.179. The van der Waals surface area contributed by atoms with Crippen molar-refractivity contribution in [1.82, 2.24) is 15.2 Å². The number of likely N-dealkylation sites (N-methyl/N-ethyl adjacent to an activating group) is 1. The number of carbonyl (C=O) groups excluding carboxylic acids is 2. The van der Waals surface area contributed by atoms with E-state index >= 15 is 0 Å². The molecular weight excluding hydrogens is 348 g/mol. The Morgan fingerprint density at radius 3 is 2.65 bits per heavy atom. The summed E-state index contributed by atoms with van der Waals surface area (Å²) in [6, 6.07) is 8.43. The monoisotopic (exact) mass is 374 g/mol. The number of amides is 2. The van der Waals surface area contributed by atoms with Crippen LogP contribution in [0, 0.1) is 6.92 Å². The lowest BCUT2D eigenvalue weighted by atomic mass is 10.1. The van der Waals surface area contributed by atoms with Crippen LogP contribution in [0.3, 0.4) is 0 Å². The topological polar surface area (TPSA) is 74.3 Å². The Bertz CT molecular complexity index is 758. The van der Waals surface area contributed by atoms with Gasteiger partial charge < -0.3 is 10.6 Å². The number of nitrogens with zero attached hydrogens (tertiary/aromatic N) is 2. The van der Waals surface area contributed by atoms with E-state index < -0.39 is 0 Å². The highest BCUT2D eigenvalue weighted by Gasteiger charge is 2.13. The minimum Gasteiger partial charge on any atom is -0.353 e. The van der Waals surface area contributed by atoms with Gasteiger partial charge in [-0.2, -0.15) is 0 Å². The van der Waals surface area contributed by atoms with Crippen LogP contribution in [0.1, 0.15) is 29.9 Å². The molecule has 1 aromatic carbocycles. The predicted octanol–water partition coefficient (Wildman–Crippen LogP) is 2.44. The van der Waals surface area contributed by atoms with E-state index in [1.165, 1.54) is 22.5 Å². The van der Waals surface area contributed by atoms with Gasteiger partial charge in [0.05, 0.1) is 13.1 Å². The summed E-state index contributed by atoms with van der Waals surface area (Å²) in [7, 11) is 1.74. The molecule has 0 radical (unpaired) electrons. The van der Waals surface area contributed by atoms with Gasteiger partial charge in [-0.1, -0.05) is 29.8 Å². The zero-order valence-corrected chi connectivity index (χ0v) is 16.5. The fourth-order valence-electron chi connectivity index (χ4n) is 2.54. The summed E-state index contributed by atoms with van der Waals surface area (Å²) in [5.41, 5.74) is 2.45. The van der Waals surface area contributed by atoms with E-state index in [1.807, 2.05) is 19.9 Å². The van der Waals surface area contributed by atoms with E-state index in [9.17, 15) is 9.59 Å². The van der Waals surface area contributed by atoms with Gasteiger partial charge in [0.25, 0.3) is 0 Å². The van der Waals surface area contributed by atoms with E-state index in [2.05, 4.69) is 40.7 Å². The average molecular weight is 375 g/mol. The summed E-state index contributed by atoms with van der Waals surface area (Å²) >= 11 is 1.47. The molecule has 2 aromatic rings. The highest BCUT2D eigenvalue weighted by atomic mass is 32.1. The lowest BCUT2D eigenvalue weighted by molar-refractivity contribution is -0.123. The van der Waals surface area contributed by atoms with Crippen LogP contribution in [-0.4, -0.2) is 47.9 Å². The molecule has 0 unspecified atom stereocenters. The zero-order valence-electron chi connectivity index (χ0n) is 15.7. The van der Waals surface area contributed by atoms with Gasteiger partial charge in [0.2, 0.25) is 11.8 Å². The van der Waals surface area contributed by atoms with Crippen LogP contribution in [0.25, 0.3) is 0 Å². The molecule has 0 saturated carbocycles. The Morgan fingerprint density at radius 2 is 1.96 bits per heavy atom. The first-order valence-electron chi connectivity index (χ1n) is 8.60. The fourth-order valence-corrected chi connectivity index (χ4v) is 3.41. The second-order valence-corrected chi connectivity index (χ2v) is 7.86. The van der Waals surface area contributed by atoms with Gasteiger partial charge in [0.1, 0.15) is 0 Å². The first-order valence-corrected chi connectivity index (χ1v) is 9.41. The van der Waals surface area contributed by atoms with Crippen LogP contribution in [0.5, 0.6) is 0 Å². The molecule has 7 heteroatoms. The van der Waals surface area contributed by atoms with Crippen LogP contribution < -0.4 is 10.6 Å². The van der Waals surface area contributed by atoms with Crippen molar-refractivity contribution in [3.05, 3.63) is 46.5 Å². The third-order valence-electron chi connectivity index (χ3n) is 3.54. The largest absolute Gasteiger partial charge is 0.353 e. The quantitative estimate of drug-likeness (QED) is 0.744. The third kappa shape index (κ3) is 6.93. The number of hydrogen-bond donors (Lipinski definition) is 2. The third-order valence-corrected chi connectivity index (χ3v) is 4.45. The predicted molar refractivity (Wildman–Crippen MR) is 106 cm³/mol. The molecule has 2 N–H and O–H groups in total. The van der Waals surface area contributed by atoms with Crippen LogP contribution in [0.15, 0.2) is 30.5 Å². The summed E-state index contributed by atoms with van der Waals surface area (Å²) in [5, 5.41) is 6.19. The average Bonchev–Trinajstić information content (AvgIpc) is 2.92. The van der Waals surface area contributed by atoms with Gasteiger partial charge in [-0.25, -0.2) is 4.98 Å². The molecule has 140 valence electrons. The Hall–Kier alpha value is -2.25. The van der Waals surface area contributed by atoms with E-state index in [4.69, 9.17) is 0 Å². The van der Waals surface area contributed by atoms with Crippen molar-refractivity contribution in [2.24, 2.45) is 0 Å². The molecule has 0 aliphatic heterocycles. The summed E-state index contributed by atoms with van der Waals surface area (Å²) < 4.78 is 0. The highest BCUT2D eigenvalue weighted by Crippen LogP contribution is 2.21. The fraction of sp³-hybridized carbons (Fsp3) is 0.421. The molecule has 6 nitrogen and oxygen atoms in total. The molecule has 1 aromatic heterocycles. The maximum Gasteiger partial charge on any atom is 0.240 e. The molecule has 0 bridgehead atoms. The zero-order chi connectivity index (χ0) is 19.1.